The SMILES string of the molecule is O=c1cc(-c2cc(O)c(O)c(O)c2)oc2cc(OCCN3CCCC3)cc(O)c12. The average Bonchev–Trinajstić information content (AvgIpc) is 3.18. The van der Waals surface area contributed by atoms with Gasteiger partial charge >= 0.3 is 0 Å². The number of phenols is 4. The Kier molecular flexibility index (Phi) is 4.94. The molecule has 0 amide bonds. The molecule has 0 saturated carbocycles. The van der Waals surface area contributed by atoms with Gasteiger partial charge < -0.3 is 29.6 Å². The van der Waals surface area contributed by atoms with Crippen molar-refractivity contribution < 1.29 is 29.6 Å². The molecule has 8 nitrogen and oxygen atoms in total. The molecule has 2 aromatic carbocycles. The minimum absolute atomic E-state index is 0.00728. The molecule has 1 aliphatic heterocycles. The van der Waals surface area contributed by atoms with Gasteiger partial charge in [-0.1, -0.05) is 0 Å². The maximum absolute atomic E-state index is 12.5. The van der Waals surface area contributed by atoms with Gasteiger partial charge in [0.25, 0.3) is 0 Å². The van der Waals surface area contributed by atoms with E-state index in [4.69, 9.17) is 9.15 Å². The second kappa shape index (κ2) is 7.56. The Balaban J connectivity index is 1.67. The Morgan fingerprint density at radius 3 is 2.31 bits per heavy atom. The second-order valence-electron chi connectivity index (χ2n) is 7.05. The van der Waals surface area contributed by atoms with Gasteiger partial charge in [-0.05, 0) is 38.1 Å². The highest BCUT2D eigenvalue weighted by molar-refractivity contribution is 5.86. The van der Waals surface area contributed by atoms with E-state index in [1.165, 1.54) is 25.0 Å². The number of ether oxygens (including phenoxy) is 1. The van der Waals surface area contributed by atoms with Crippen molar-refractivity contribution in [3.63, 3.8) is 0 Å². The molecule has 1 aliphatic rings. The van der Waals surface area contributed by atoms with Crippen molar-refractivity contribution in [2.24, 2.45) is 0 Å². The van der Waals surface area contributed by atoms with E-state index in [1.807, 2.05) is 0 Å². The van der Waals surface area contributed by atoms with Crippen molar-refractivity contribution in [2.75, 3.05) is 26.2 Å². The van der Waals surface area contributed by atoms with Crippen molar-refractivity contribution >= 4 is 11.0 Å². The first-order chi connectivity index (χ1) is 13.9. The Hall–Kier alpha value is -3.39. The highest BCUT2D eigenvalue weighted by Crippen LogP contribution is 2.39. The lowest BCUT2D eigenvalue weighted by Gasteiger charge is -2.15. The molecule has 0 spiro atoms. The Morgan fingerprint density at radius 1 is 0.931 bits per heavy atom. The zero-order valence-corrected chi connectivity index (χ0v) is 15.6. The molecule has 0 atom stereocenters. The van der Waals surface area contributed by atoms with Crippen LogP contribution in [0.5, 0.6) is 28.7 Å². The number of fused-ring (bicyclic) bond motifs is 1. The molecule has 4 N–H and O–H groups in total. The summed E-state index contributed by atoms with van der Waals surface area (Å²) in [6.07, 6.45) is 2.38. The van der Waals surface area contributed by atoms with Crippen molar-refractivity contribution in [1.82, 2.24) is 4.90 Å². The van der Waals surface area contributed by atoms with E-state index >= 15 is 0 Å². The first-order valence-corrected chi connectivity index (χ1v) is 9.34. The number of benzene rings is 2. The minimum Gasteiger partial charge on any atom is -0.507 e. The molecule has 2 heterocycles. The van der Waals surface area contributed by atoms with Crippen LogP contribution in [0.1, 0.15) is 12.8 Å². The smallest absolute Gasteiger partial charge is 0.200 e. The van der Waals surface area contributed by atoms with Gasteiger partial charge in [0.15, 0.2) is 22.7 Å². The van der Waals surface area contributed by atoms with Crippen molar-refractivity contribution in [3.05, 3.63) is 40.6 Å². The number of phenolic OH excluding ortho intramolecular Hbond substituents is 4. The molecular weight excluding hydrogens is 378 g/mol. The summed E-state index contributed by atoms with van der Waals surface area (Å²) in [6, 6.07) is 6.36. The molecule has 8 heteroatoms. The van der Waals surface area contributed by atoms with Gasteiger partial charge in [0, 0.05) is 30.3 Å². The third-order valence-electron chi connectivity index (χ3n) is 5.01. The quantitative estimate of drug-likeness (QED) is 0.483. The maximum Gasteiger partial charge on any atom is 0.200 e. The van der Waals surface area contributed by atoms with Gasteiger partial charge in [-0.25, -0.2) is 0 Å². The lowest BCUT2D eigenvalue weighted by molar-refractivity contribution is 0.237. The van der Waals surface area contributed by atoms with E-state index in [0.717, 1.165) is 37.8 Å². The van der Waals surface area contributed by atoms with Crippen LogP contribution in [-0.2, 0) is 0 Å². The molecular formula is C21H21NO7. The zero-order chi connectivity index (χ0) is 20.5. The number of hydrogen-bond donors (Lipinski definition) is 4. The molecule has 4 rings (SSSR count). The fraction of sp³-hybridized carbons (Fsp3) is 0.286. The van der Waals surface area contributed by atoms with E-state index in [1.54, 1.807) is 0 Å². The lowest BCUT2D eigenvalue weighted by Crippen LogP contribution is -2.25. The van der Waals surface area contributed by atoms with Crippen molar-refractivity contribution in [2.45, 2.75) is 12.8 Å². The van der Waals surface area contributed by atoms with Crippen LogP contribution in [0.25, 0.3) is 22.3 Å². The predicted molar refractivity (Wildman–Crippen MR) is 106 cm³/mol. The predicted octanol–water partition coefficient (Wildman–Crippen LogP) is 2.76. The number of rotatable bonds is 5. The summed E-state index contributed by atoms with van der Waals surface area (Å²) in [5.74, 6) is -1.60. The van der Waals surface area contributed by atoms with Crippen LogP contribution in [0.15, 0.2) is 39.5 Å². The number of hydrogen-bond acceptors (Lipinski definition) is 8. The van der Waals surface area contributed by atoms with E-state index in [2.05, 4.69) is 4.90 Å². The van der Waals surface area contributed by atoms with Crippen LogP contribution >= 0.6 is 0 Å². The summed E-state index contributed by atoms with van der Waals surface area (Å²) in [6.45, 7) is 3.32. The van der Waals surface area contributed by atoms with E-state index in [-0.39, 0.29) is 28.0 Å². The van der Waals surface area contributed by atoms with E-state index in [9.17, 15) is 25.2 Å². The van der Waals surface area contributed by atoms with Crippen LogP contribution in [-0.4, -0.2) is 51.6 Å². The average molecular weight is 399 g/mol. The van der Waals surface area contributed by atoms with Gasteiger partial charge in [0.1, 0.15) is 34.8 Å². The molecule has 3 aromatic rings. The monoisotopic (exact) mass is 399 g/mol. The number of aromatic hydroxyl groups is 4. The largest absolute Gasteiger partial charge is 0.507 e. The van der Waals surface area contributed by atoms with Gasteiger partial charge in [-0.3, -0.25) is 9.69 Å². The van der Waals surface area contributed by atoms with Gasteiger partial charge in [0.05, 0.1) is 0 Å². The molecule has 1 saturated heterocycles. The molecule has 29 heavy (non-hydrogen) atoms. The second-order valence-corrected chi connectivity index (χ2v) is 7.05. The number of likely N-dealkylation sites (tertiary alicyclic amines) is 1. The normalized spacial score (nSPS) is 14.5. The third kappa shape index (κ3) is 3.79. The molecule has 152 valence electrons. The fourth-order valence-electron chi connectivity index (χ4n) is 3.51. The van der Waals surface area contributed by atoms with E-state index in [0.29, 0.717) is 12.4 Å². The summed E-state index contributed by atoms with van der Waals surface area (Å²) in [7, 11) is 0. The molecule has 1 aromatic heterocycles. The summed E-state index contributed by atoms with van der Waals surface area (Å²) >= 11 is 0. The summed E-state index contributed by atoms with van der Waals surface area (Å²) in [5, 5.41) is 39.2. The summed E-state index contributed by atoms with van der Waals surface area (Å²) in [5.41, 5.74) is -0.193. The molecule has 0 unspecified atom stereocenters. The standard InChI is InChI=1S/C21H21NO7/c23-14-9-13(28-6-5-22-3-1-2-4-22)10-19-20(14)15(24)11-18(29-19)12-7-16(25)21(27)17(26)8-12/h7-11,23,25-27H,1-6H2. The summed E-state index contributed by atoms with van der Waals surface area (Å²) < 4.78 is 11.4. The van der Waals surface area contributed by atoms with Crippen LogP contribution in [0.2, 0.25) is 0 Å². The molecule has 1 fully saturated rings. The van der Waals surface area contributed by atoms with Gasteiger partial charge in [-0.15, -0.1) is 0 Å². The van der Waals surface area contributed by atoms with Crippen molar-refractivity contribution in [1.29, 1.82) is 0 Å². The van der Waals surface area contributed by atoms with Crippen LogP contribution < -0.4 is 10.2 Å². The van der Waals surface area contributed by atoms with Crippen LogP contribution in [0.4, 0.5) is 0 Å². The third-order valence-corrected chi connectivity index (χ3v) is 5.01. The lowest BCUT2D eigenvalue weighted by atomic mass is 10.1. The Bertz CT molecular complexity index is 1090. The Labute approximate surface area is 165 Å². The van der Waals surface area contributed by atoms with Gasteiger partial charge in [0.2, 0.25) is 0 Å². The maximum atomic E-state index is 12.5. The van der Waals surface area contributed by atoms with Crippen LogP contribution in [0, 0.1) is 0 Å². The minimum atomic E-state index is -0.664. The Morgan fingerprint density at radius 2 is 1.62 bits per heavy atom. The first kappa shape index (κ1) is 18.9. The van der Waals surface area contributed by atoms with Crippen LogP contribution in [0.3, 0.4) is 0 Å². The van der Waals surface area contributed by atoms with E-state index < -0.39 is 22.7 Å². The molecule has 0 bridgehead atoms. The highest BCUT2D eigenvalue weighted by Gasteiger charge is 2.16. The molecule has 0 aliphatic carbocycles. The summed E-state index contributed by atoms with van der Waals surface area (Å²) in [4.78, 5) is 14.8. The van der Waals surface area contributed by atoms with Gasteiger partial charge in [-0.2, -0.15) is 0 Å². The molecule has 0 radical (unpaired) electrons. The first-order valence-electron chi connectivity index (χ1n) is 9.34. The topological polar surface area (TPSA) is 124 Å². The van der Waals surface area contributed by atoms with Crippen molar-refractivity contribution in [3.8, 4) is 40.1 Å². The number of nitrogens with zero attached hydrogens (tertiary/aromatic N) is 1. The fourth-order valence-corrected chi connectivity index (χ4v) is 3.51. The zero-order valence-electron chi connectivity index (χ0n) is 15.6. The highest BCUT2D eigenvalue weighted by atomic mass is 16.5.